The van der Waals surface area contributed by atoms with Crippen LogP contribution in [0.1, 0.15) is 22.3 Å². The molecule has 2 N–H and O–H groups in total. The summed E-state index contributed by atoms with van der Waals surface area (Å²) in [5, 5.41) is 4.55. The van der Waals surface area contributed by atoms with Crippen molar-refractivity contribution in [2.45, 2.75) is 12.8 Å². The maximum absolute atomic E-state index is 12.9. The van der Waals surface area contributed by atoms with Gasteiger partial charge in [0.25, 0.3) is 5.91 Å². The summed E-state index contributed by atoms with van der Waals surface area (Å²) in [6, 6.07) is 14.6. The Balaban J connectivity index is 1.54. The molecule has 0 saturated heterocycles. The number of amides is 2. The number of halogens is 2. The number of benzene rings is 3. The van der Waals surface area contributed by atoms with Gasteiger partial charge in [0.05, 0.1) is 30.0 Å². The molecule has 0 spiro atoms. The smallest absolute Gasteiger partial charge is 0.255 e. The molecule has 9 heteroatoms. The second-order valence-corrected chi connectivity index (χ2v) is 9.44. The Labute approximate surface area is 225 Å². The highest BCUT2D eigenvalue weighted by atomic mass is 35.5. The van der Waals surface area contributed by atoms with Gasteiger partial charge in [-0.05, 0) is 35.7 Å². The predicted octanol–water partition coefficient (Wildman–Crippen LogP) is 6.43. The predicted molar refractivity (Wildman–Crippen MR) is 148 cm³/mol. The van der Waals surface area contributed by atoms with Crippen LogP contribution in [0.4, 0.5) is 5.69 Å². The van der Waals surface area contributed by atoms with Crippen molar-refractivity contribution >= 4 is 51.6 Å². The van der Waals surface area contributed by atoms with Gasteiger partial charge < -0.3 is 24.7 Å². The Hall–Kier alpha value is -3.68. The highest BCUT2D eigenvalue weighted by molar-refractivity contribution is 6.41. The summed E-state index contributed by atoms with van der Waals surface area (Å²) >= 11 is 13.2. The number of hydrogen-bond donors (Lipinski definition) is 2. The van der Waals surface area contributed by atoms with Gasteiger partial charge in [0, 0.05) is 54.8 Å². The highest BCUT2D eigenvalue weighted by Gasteiger charge is 2.20. The standard InChI is InChI=1S/C28H27Cl2N3O4/c1-33(2)24(34)12-7-16-5-8-17(9-6-16)28(35)32-21-15-31-20-13-18(10-11-19(20)21)25-26(29)22(36-3)14-23(37-4)27(25)30/h5-6,8-11,13-15,31H,7,12H2,1-4H3,(H,32,35). The summed E-state index contributed by atoms with van der Waals surface area (Å²) < 4.78 is 10.8. The fraction of sp³-hybridized carbons (Fsp3) is 0.214. The number of fused-ring (bicyclic) bond motifs is 1. The van der Waals surface area contributed by atoms with Gasteiger partial charge in [-0.3, -0.25) is 9.59 Å². The summed E-state index contributed by atoms with van der Waals surface area (Å²) in [5.74, 6) is 0.740. The molecule has 4 aromatic rings. The van der Waals surface area contributed by atoms with Gasteiger partial charge in [0.1, 0.15) is 11.5 Å². The summed E-state index contributed by atoms with van der Waals surface area (Å²) in [7, 11) is 6.53. The van der Waals surface area contributed by atoms with Crippen LogP contribution in [0.3, 0.4) is 0 Å². The van der Waals surface area contributed by atoms with Crippen molar-refractivity contribution in [1.82, 2.24) is 9.88 Å². The van der Waals surface area contributed by atoms with Crippen molar-refractivity contribution in [3.63, 3.8) is 0 Å². The molecule has 37 heavy (non-hydrogen) atoms. The molecule has 0 unspecified atom stereocenters. The number of nitrogens with one attached hydrogen (secondary N) is 2. The Morgan fingerprint density at radius 2 is 1.59 bits per heavy atom. The van der Waals surface area contributed by atoms with Gasteiger partial charge in [-0.15, -0.1) is 0 Å². The van der Waals surface area contributed by atoms with Gasteiger partial charge in [-0.1, -0.05) is 47.5 Å². The third-order valence-electron chi connectivity index (χ3n) is 6.13. The first-order chi connectivity index (χ1) is 17.7. The molecule has 192 valence electrons. The average molecular weight is 540 g/mol. The molecular weight excluding hydrogens is 513 g/mol. The molecule has 1 heterocycles. The highest BCUT2D eigenvalue weighted by Crippen LogP contribution is 2.46. The van der Waals surface area contributed by atoms with E-state index in [-0.39, 0.29) is 11.8 Å². The van der Waals surface area contributed by atoms with Crippen LogP contribution >= 0.6 is 23.2 Å². The molecule has 2 amide bonds. The zero-order chi connectivity index (χ0) is 26.7. The van der Waals surface area contributed by atoms with Crippen LogP contribution in [0.5, 0.6) is 11.5 Å². The van der Waals surface area contributed by atoms with E-state index < -0.39 is 0 Å². The van der Waals surface area contributed by atoms with Crippen molar-refractivity contribution in [3.05, 3.63) is 75.9 Å². The number of methoxy groups -OCH3 is 2. The monoisotopic (exact) mass is 539 g/mol. The van der Waals surface area contributed by atoms with Crippen molar-refractivity contribution in [2.75, 3.05) is 33.6 Å². The van der Waals surface area contributed by atoms with Crippen molar-refractivity contribution in [1.29, 1.82) is 0 Å². The van der Waals surface area contributed by atoms with Gasteiger partial charge in [-0.25, -0.2) is 0 Å². The van der Waals surface area contributed by atoms with E-state index in [0.29, 0.717) is 51.2 Å². The Morgan fingerprint density at radius 3 is 2.19 bits per heavy atom. The number of aromatic amines is 1. The molecule has 3 aromatic carbocycles. The third kappa shape index (κ3) is 5.53. The maximum atomic E-state index is 12.9. The van der Waals surface area contributed by atoms with E-state index in [0.717, 1.165) is 22.0 Å². The van der Waals surface area contributed by atoms with E-state index >= 15 is 0 Å². The van der Waals surface area contributed by atoms with Crippen LogP contribution in [-0.2, 0) is 11.2 Å². The summed E-state index contributed by atoms with van der Waals surface area (Å²) in [4.78, 5) is 29.5. The number of aromatic nitrogens is 1. The van der Waals surface area contributed by atoms with E-state index in [1.165, 1.54) is 14.2 Å². The minimum Gasteiger partial charge on any atom is -0.495 e. The van der Waals surface area contributed by atoms with E-state index in [1.807, 2.05) is 30.3 Å². The van der Waals surface area contributed by atoms with Crippen LogP contribution in [0, 0.1) is 0 Å². The molecule has 0 aliphatic heterocycles. The van der Waals surface area contributed by atoms with Crippen LogP contribution in [0.15, 0.2) is 54.7 Å². The largest absolute Gasteiger partial charge is 0.495 e. The van der Waals surface area contributed by atoms with Crippen LogP contribution in [0.25, 0.3) is 22.0 Å². The molecule has 0 bridgehead atoms. The number of anilines is 1. The molecule has 0 saturated carbocycles. The second-order valence-electron chi connectivity index (χ2n) is 8.69. The quantitative estimate of drug-likeness (QED) is 0.270. The number of H-pyrrole nitrogens is 1. The lowest BCUT2D eigenvalue weighted by Crippen LogP contribution is -2.21. The van der Waals surface area contributed by atoms with Gasteiger partial charge in [0.15, 0.2) is 0 Å². The van der Waals surface area contributed by atoms with Gasteiger partial charge in [0.2, 0.25) is 5.91 Å². The first-order valence-electron chi connectivity index (χ1n) is 11.6. The Morgan fingerprint density at radius 1 is 0.946 bits per heavy atom. The molecular formula is C28H27Cl2N3O4. The lowest BCUT2D eigenvalue weighted by atomic mass is 10.0. The minimum absolute atomic E-state index is 0.0689. The van der Waals surface area contributed by atoms with Gasteiger partial charge >= 0.3 is 0 Å². The number of ether oxygens (including phenoxy) is 2. The van der Waals surface area contributed by atoms with Gasteiger partial charge in [-0.2, -0.15) is 0 Å². The topological polar surface area (TPSA) is 83.7 Å². The van der Waals surface area contributed by atoms with E-state index in [4.69, 9.17) is 32.7 Å². The number of carbonyl (C=O) groups excluding carboxylic acids is 2. The first-order valence-corrected chi connectivity index (χ1v) is 12.3. The van der Waals surface area contributed by atoms with Crippen molar-refractivity contribution in [2.24, 2.45) is 0 Å². The molecule has 1 aromatic heterocycles. The number of carbonyl (C=O) groups is 2. The van der Waals surface area contributed by atoms with Crippen molar-refractivity contribution < 1.29 is 19.1 Å². The normalized spacial score (nSPS) is 10.9. The Kier molecular flexibility index (Phi) is 7.95. The number of nitrogens with zero attached hydrogens (tertiary/aromatic N) is 1. The summed E-state index contributed by atoms with van der Waals surface area (Å²) in [6.45, 7) is 0. The van der Waals surface area contributed by atoms with E-state index in [1.54, 1.807) is 43.4 Å². The fourth-order valence-electron chi connectivity index (χ4n) is 4.02. The zero-order valence-corrected chi connectivity index (χ0v) is 22.5. The SMILES string of the molecule is COc1cc(OC)c(Cl)c(-c2ccc3c(NC(=O)c4ccc(CCC(=O)N(C)C)cc4)c[nH]c3c2)c1Cl. The van der Waals surface area contributed by atoms with Crippen molar-refractivity contribution in [3.8, 4) is 22.6 Å². The lowest BCUT2D eigenvalue weighted by Gasteiger charge is -2.15. The molecule has 0 aliphatic rings. The molecule has 0 atom stereocenters. The number of hydrogen-bond acceptors (Lipinski definition) is 4. The van der Waals surface area contributed by atoms with Crippen LogP contribution in [-0.4, -0.2) is 50.0 Å². The maximum Gasteiger partial charge on any atom is 0.255 e. The minimum atomic E-state index is -0.232. The number of rotatable bonds is 8. The molecule has 0 radical (unpaired) electrons. The first kappa shape index (κ1) is 26.4. The number of aryl methyl sites for hydroxylation is 1. The summed E-state index contributed by atoms with van der Waals surface area (Å²) in [5.41, 5.74) is 4.32. The van der Waals surface area contributed by atoms with E-state index in [2.05, 4.69) is 10.3 Å². The second kappa shape index (κ2) is 11.2. The van der Waals surface area contributed by atoms with Crippen LogP contribution in [0.2, 0.25) is 10.0 Å². The fourth-order valence-corrected chi connectivity index (χ4v) is 4.74. The Bertz CT molecular complexity index is 1430. The lowest BCUT2D eigenvalue weighted by molar-refractivity contribution is -0.128. The van der Waals surface area contributed by atoms with Crippen LogP contribution < -0.4 is 14.8 Å². The average Bonchev–Trinajstić information content (AvgIpc) is 3.29. The zero-order valence-electron chi connectivity index (χ0n) is 20.9. The van der Waals surface area contributed by atoms with E-state index in [9.17, 15) is 9.59 Å². The molecule has 7 nitrogen and oxygen atoms in total. The third-order valence-corrected chi connectivity index (χ3v) is 6.89. The summed E-state index contributed by atoms with van der Waals surface area (Å²) in [6.07, 6.45) is 2.79. The molecule has 4 rings (SSSR count). The molecule has 0 fully saturated rings. The molecule has 0 aliphatic carbocycles.